The van der Waals surface area contributed by atoms with Crippen LogP contribution in [0.5, 0.6) is 0 Å². The average molecular weight is 159 g/mol. The van der Waals surface area contributed by atoms with E-state index in [-0.39, 0.29) is 0 Å². The highest BCUT2D eigenvalue weighted by molar-refractivity contribution is 5.11. The summed E-state index contributed by atoms with van der Waals surface area (Å²) >= 11 is 0. The average Bonchev–Trinajstić information content (AvgIpc) is 2.71. The second-order valence-electron chi connectivity index (χ2n) is 1.09. The molecule has 0 atom stereocenters. The predicted molar refractivity (Wildman–Crippen MR) is 53.2 cm³/mol. The molecule has 3 heteroatoms. The summed E-state index contributed by atoms with van der Waals surface area (Å²) in [7, 11) is 4.50. The second kappa shape index (κ2) is 34.4. The summed E-state index contributed by atoms with van der Waals surface area (Å²) in [4.78, 5) is 0. The van der Waals surface area contributed by atoms with Crippen molar-refractivity contribution in [3.05, 3.63) is 24.3 Å². The molecule has 0 bridgehead atoms. The van der Waals surface area contributed by atoms with E-state index in [1.807, 2.05) is 0 Å². The molecule has 11 heavy (non-hydrogen) atoms. The summed E-state index contributed by atoms with van der Waals surface area (Å²) in [5, 5.41) is 0. The van der Waals surface area contributed by atoms with E-state index in [9.17, 15) is 0 Å². The van der Waals surface area contributed by atoms with Crippen molar-refractivity contribution in [3.8, 4) is 0 Å². The molecule has 0 radical (unpaired) electrons. The molecule has 3 nitrogen and oxygen atoms in total. The maximum atomic E-state index is 4.50. The van der Waals surface area contributed by atoms with Gasteiger partial charge in [0.2, 0.25) is 0 Å². The fourth-order valence-electron chi connectivity index (χ4n) is 0.393. The molecular weight excluding hydrogens is 138 g/mol. The monoisotopic (exact) mass is 159 g/mol. The van der Waals surface area contributed by atoms with Crippen LogP contribution in [0.1, 0.15) is 6.42 Å². The van der Waals surface area contributed by atoms with Crippen LogP contribution < -0.4 is 17.2 Å². The summed E-state index contributed by atoms with van der Waals surface area (Å²) < 4.78 is 0. The Hall–Kier alpha value is -0.640. The lowest BCUT2D eigenvalue weighted by Gasteiger charge is -1.57. The predicted octanol–water partition coefficient (Wildman–Crippen LogP) is 0.227. The molecule has 1 aliphatic rings. The van der Waals surface area contributed by atoms with Crippen molar-refractivity contribution >= 4 is 0 Å². The molecule has 1 aliphatic carbocycles. The summed E-state index contributed by atoms with van der Waals surface area (Å²) in [5.41, 5.74) is 13.5. The van der Waals surface area contributed by atoms with Crippen LogP contribution in [-0.2, 0) is 0 Å². The van der Waals surface area contributed by atoms with E-state index in [0.717, 1.165) is 6.42 Å². The zero-order chi connectivity index (χ0) is 9.54. The quantitative estimate of drug-likeness (QED) is 0.473. The Morgan fingerprint density at radius 3 is 1.09 bits per heavy atom. The Labute approximate surface area is 69.9 Å². The molecule has 6 N–H and O–H groups in total. The van der Waals surface area contributed by atoms with Crippen molar-refractivity contribution in [2.45, 2.75) is 6.42 Å². The smallest absolute Gasteiger partial charge is 0.0163 e. The van der Waals surface area contributed by atoms with Gasteiger partial charge in [0.15, 0.2) is 0 Å². The van der Waals surface area contributed by atoms with Crippen LogP contribution in [0.25, 0.3) is 0 Å². The van der Waals surface area contributed by atoms with E-state index >= 15 is 0 Å². The Kier molecular flexibility index (Phi) is 52.4. The van der Waals surface area contributed by atoms with Crippen molar-refractivity contribution in [2.75, 3.05) is 21.1 Å². The van der Waals surface area contributed by atoms with Crippen LogP contribution in [0.3, 0.4) is 0 Å². The van der Waals surface area contributed by atoms with Crippen LogP contribution in [0.2, 0.25) is 0 Å². The Morgan fingerprint density at radius 1 is 0.727 bits per heavy atom. The lowest BCUT2D eigenvalue weighted by atomic mass is 10.5. The third-order valence-electron chi connectivity index (χ3n) is 0.655. The van der Waals surface area contributed by atoms with Crippen LogP contribution in [0.4, 0.5) is 0 Å². The van der Waals surface area contributed by atoms with Crippen molar-refractivity contribution < 1.29 is 0 Å². The van der Waals surface area contributed by atoms with E-state index < -0.39 is 0 Å². The third kappa shape index (κ3) is 26.7. The Morgan fingerprint density at radius 2 is 1.00 bits per heavy atom. The molecule has 0 saturated carbocycles. The van der Waals surface area contributed by atoms with E-state index in [4.69, 9.17) is 0 Å². The zero-order valence-electron chi connectivity index (χ0n) is 7.75. The van der Waals surface area contributed by atoms with Gasteiger partial charge in [0, 0.05) is 0 Å². The summed E-state index contributed by atoms with van der Waals surface area (Å²) in [5.74, 6) is 0. The molecule has 0 spiro atoms. The fraction of sp³-hybridized carbons (Fsp3) is 0.500. The highest BCUT2D eigenvalue weighted by atomic mass is 14.4. The van der Waals surface area contributed by atoms with Gasteiger partial charge in [-0.05, 0) is 27.6 Å². The molecule has 0 heterocycles. The van der Waals surface area contributed by atoms with Crippen molar-refractivity contribution in [1.29, 1.82) is 0 Å². The minimum atomic E-state index is 1.14. The van der Waals surface area contributed by atoms with Gasteiger partial charge in [-0.3, -0.25) is 0 Å². The maximum Gasteiger partial charge on any atom is -0.0163 e. The Balaban J connectivity index is -0.0000000933. The molecule has 0 aromatic rings. The van der Waals surface area contributed by atoms with Crippen molar-refractivity contribution in [2.24, 2.45) is 17.2 Å². The summed E-state index contributed by atoms with van der Waals surface area (Å²) in [6.45, 7) is 0. The molecule has 0 aromatic carbocycles. The second-order valence-corrected chi connectivity index (χ2v) is 1.09. The lowest BCUT2D eigenvalue weighted by molar-refractivity contribution is 1.45. The Bertz CT molecular complexity index is 67.4. The number of rotatable bonds is 0. The molecule has 0 fully saturated rings. The first-order valence-electron chi connectivity index (χ1n) is 3.55. The molecule has 1 rings (SSSR count). The minimum absolute atomic E-state index is 1.14. The highest BCUT2D eigenvalue weighted by Gasteiger charge is 1.72. The molecule has 0 amide bonds. The highest BCUT2D eigenvalue weighted by Crippen LogP contribution is 1.93. The third-order valence-corrected chi connectivity index (χ3v) is 0.655. The number of nitrogens with two attached hydrogens (primary N) is 3. The molecule has 68 valence electrons. The first-order valence-corrected chi connectivity index (χ1v) is 3.55. The molecule has 0 aromatic heterocycles. The van der Waals surface area contributed by atoms with Gasteiger partial charge in [-0.25, -0.2) is 0 Å². The standard InChI is InChI=1S/C5H6.3CH5N/c1-2-4-5-3-1;3*1-2/h1-4H,5H2;3*2H2,1H3. The van der Waals surface area contributed by atoms with Gasteiger partial charge in [0.05, 0.1) is 0 Å². The lowest BCUT2D eigenvalue weighted by Crippen LogP contribution is -1.69. The van der Waals surface area contributed by atoms with Gasteiger partial charge in [-0.1, -0.05) is 24.3 Å². The van der Waals surface area contributed by atoms with E-state index in [0.29, 0.717) is 0 Å². The van der Waals surface area contributed by atoms with Crippen molar-refractivity contribution in [3.63, 3.8) is 0 Å². The largest absolute Gasteiger partial charge is 0.333 e. The molecule has 0 unspecified atom stereocenters. The van der Waals surface area contributed by atoms with Crippen LogP contribution in [-0.4, -0.2) is 21.1 Å². The van der Waals surface area contributed by atoms with Crippen LogP contribution >= 0.6 is 0 Å². The SMILES string of the molecule is C1=CCC=C1.CN.CN.CN. The van der Waals surface area contributed by atoms with Gasteiger partial charge >= 0.3 is 0 Å². The van der Waals surface area contributed by atoms with Gasteiger partial charge in [-0.15, -0.1) is 0 Å². The van der Waals surface area contributed by atoms with Gasteiger partial charge in [-0.2, -0.15) is 0 Å². The molecule has 0 aliphatic heterocycles. The molecule has 0 saturated heterocycles. The number of hydrogen-bond acceptors (Lipinski definition) is 3. The topological polar surface area (TPSA) is 78.1 Å². The van der Waals surface area contributed by atoms with Gasteiger partial charge < -0.3 is 17.2 Å². The van der Waals surface area contributed by atoms with Crippen molar-refractivity contribution in [1.82, 2.24) is 0 Å². The number of hydrogen-bond donors (Lipinski definition) is 3. The van der Waals surface area contributed by atoms with Gasteiger partial charge in [0.25, 0.3) is 0 Å². The minimum Gasteiger partial charge on any atom is -0.333 e. The van der Waals surface area contributed by atoms with E-state index in [1.54, 1.807) is 0 Å². The van der Waals surface area contributed by atoms with E-state index in [2.05, 4.69) is 41.5 Å². The summed E-state index contributed by atoms with van der Waals surface area (Å²) in [6.07, 6.45) is 9.50. The van der Waals surface area contributed by atoms with Gasteiger partial charge in [0.1, 0.15) is 0 Å². The first-order chi connectivity index (χ1) is 5.50. The zero-order valence-corrected chi connectivity index (χ0v) is 7.75. The van der Waals surface area contributed by atoms with Crippen LogP contribution in [0, 0.1) is 0 Å². The van der Waals surface area contributed by atoms with Crippen LogP contribution in [0.15, 0.2) is 24.3 Å². The first kappa shape index (κ1) is 16.8. The maximum absolute atomic E-state index is 4.50. The molecular formula is C8H21N3. The van der Waals surface area contributed by atoms with E-state index in [1.165, 1.54) is 21.1 Å². The fourth-order valence-corrected chi connectivity index (χ4v) is 0.393. The normalized spacial score (nSPS) is 9.64. The number of allylic oxidation sites excluding steroid dienone is 4. The summed E-state index contributed by atoms with van der Waals surface area (Å²) in [6, 6.07) is 0.